The van der Waals surface area contributed by atoms with Crippen LogP contribution < -0.4 is 16.0 Å². The molecule has 1 aromatic heterocycles. The number of amides is 4. The molecule has 1 unspecified atom stereocenters. The van der Waals surface area contributed by atoms with E-state index in [-0.39, 0.29) is 31.1 Å². The zero-order valence-electron chi connectivity index (χ0n) is 29.0. The van der Waals surface area contributed by atoms with Gasteiger partial charge in [0.1, 0.15) is 17.8 Å². The number of nitrogens with zero attached hydrogens (tertiary/aromatic N) is 3. The topological polar surface area (TPSA) is 172 Å². The van der Waals surface area contributed by atoms with Crippen LogP contribution in [0.15, 0.2) is 33.9 Å². The Morgan fingerprint density at radius 3 is 2.56 bits per heavy atom. The van der Waals surface area contributed by atoms with Gasteiger partial charge in [-0.05, 0) is 56.1 Å². The second-order valence-corrected chi connectivity index (χ2v) is 15.5. The summed E-state index contributed by atoms with van der Waals surface area (Å²) in [5.74, 6) is -2.38. The number of hydrogen-bond acceptors (Lipinski definition) is 9. The zero-order valence-corrected chi connectivity index (χ0v) is 29.7. The Balaban J connectivity index is 1.27. The number of hydrogen-bond donors (Lipinski definition) is 3. The lowest BCUT2D eigenvalue weighted by Crippen LogP contribution is -2.59. The molecule has 6 rings (SSSR count). The predicted molar refractivity (Wildman–Crippen MR) is 183 cm³/mol. The van der Waals surface area contributed by atoms with Gasteiger partial charge in [-0.25, -0.2) is 0 Å². The van der Waals surface area contributed by atoms with Crippen LogP contribution in [0.3, 0.4) is 0 Å². The molecule has 3 N–H and O–H groups in total. The molecule has 3 heterocycles. The summed E-state index contributed by atoms with van der Waals surface area (Å²) in [5, 5.41) is 17.3. The monoisotopic (exact) mass is 708 g/mol. The molecule has 2 aromatic rings. The lowest BCUT2D eigenvalue weighted by atomic mass is 9.85. The van der Waals surface area contributed by atoms with Gasteiger partial charge in [0, 0.05) is 41.5 Å². The highest BCUT2D eigenvalue weighted by Crippen LogP contribution is 2.40. The maximum atomic E-state index is 14.7. The SMILES string of the molecule is CCC[C@H](NC(=O)[C@@H]1C[C@]2(CC(c3cccc(Cl)c3)=NO2)CN1C(=O)C(NC(=O)c1noc2c1CCCC2)C(C)(C)C)C(=O)C(=O)NC1CC1. The molecule has 1 saturated carbocycles. The van der Waals surface area contributed by atoms with Crippen molar-refractivity contribution in [2.45, 2.75) is 122 Å². The summed E-state index contributed by atoms with van der Waals surface area (Å²) in [5.41, 5.74) is 0.458. The van der Waals surface area contributed by atoms with E-state index in [0.717, 1.165) is 36.8 Å². The van der Waals surface area contributed by atoms with Crippen LogP contribution in [0, 0.1) is 5.41 Å². The number of carbonyl (C=O) groups is 5. The van der Waals surface area contributed by atoms with Crippen molar-refractivity contribution < 1.29 is 33.3 Å². The molecule has 1 saturated heterocycles. The lowest BCUT2D eigenvalue weighted by molar-refractivity contribution is -0.144. The van der Waals surface area contributed by atoms with Crippen LogP contribution in [0.25, 0.3) is 0 Å². The van der Waals surface area contributed by atoms with E-state index in [9.17, 15) is 24.0 Å². The van der Waals surface area contributed by atoms with Gasteiger partial charge in [0.2, 0.25) is 17.6 Å². The number of carbonyl (C=O) groups excluding carboxylic acids is 5. The largest absolute Gasteiger partial charge is 0.387 e. The summed E-state index contributed by atoms with van der Waals surface area (Å²) in [4.78, 5) is 75.9. The molecule has 4 atom stereocenters. The van der Waals surface area contributed by atoms with Gasteiger partial charge in [-0.15, -0.1) is 0 Å². The maximum Gasteiger partial charge on any atom is 0.289 e. The van der Waals surface area contributed by atoms with E-state index in [1.807, 2.05) is 33.8 Å². The van der Waals surface area contributed by atoms with Gasteiger partial charge in [0.25, 0.3) is 11.8 Å². The van der Waals surface area contributed by atoms with Gasteiger partial charge in [-0.1, -0.05) is 68.2 Å². The molecule has 0 radical (unpaired) electrons. The molecule has 14 heteroatoms. The standard InChI is InChI=1S/C36H45ClN6O7/c1-5-9-24(29(44)33(47)38-22-14-15-22)39-31(45)26-18-36(17-25(41-50-36)20-10-8-11-21(37)16-20)19-43(26)34(48)30(35(2,3)4)40-32(46)28-23-12-6-7-13-27(23)49-42-28/h8,10-11,16,22,24,26,30H,5-7,9,12-15,17-19H2,1-4H3,(H,38,47)(H,39,45)(H,40,46)/t24-,26-,30?,36+/m0/s1. The van der Waals surface area contributed by atoms with E-state index in [1.165, 1.54) is 4.90 Å². The summed E-state index contributed by atoms with van der Waals surface area (Å²) in [6.45, 7) is 7.34. The first-order valence-corrected chi connectivity index (χ1v) is 17.9. The lowest BCUT2D eigenvalue weighted by Gasteiger charge is -2.35. The molecule has 268 valence electrons. The Morgan fingerprint density at radius 2 is 1.86 bits per heavy atom. The van der Waals surface area contributed by atoms with Crippen LogP contribution in [0.1, 0.15) is 106 Å². The minimum atomic E-state index is -1.09. The van der Waals surface area contributed by atoms with Gasteiger partial charge < -0.3 is 30.2 Å². The van der Waals surface area contributed by atoms with Crippen molar-refractivity contribution in [1.82, 2.24) is 26.0 Å². The molecule has 4 amide bonds. The predicted octanol–water partition coefficient (Wildman–Crippen LogP) is 3.65. The number of likely N-dealkylation sites (tertiary alicyclic amines) is 1. The van der Waals surface area contributed by atoms with Gasteiger partial charge in [-0.2, -0.15) is 0 Å². The Morgan fingerprint density at radius 1 is 1.10 bits per heavy atom. The van der Waals surface area contributed by atoms with E-state index >= 15 is 0 Å². The number of aryl methyl sites for hydroxylation is 1. The minimum absolute atomic E-state index is 0.00610. The molecule has 2 aliphatic carbocycles. The maximum absolute atomic E-state index is 14.7. The summed E-state index contributed by atoms with van der Waals surface area (Å²) < 4.78 is 5.47. The van der Waals surface area contributed by atoms with Crippen LogP contribution in [0.5, 0.6) is 0 Å². The number of benzene rings is 1. The molecule has 13 nitrogen and oxygen atoms in total. The molecular weight excluding hydrogens is 664 g/mol. The van der Waals surface area contributed by atoms with Crippen molar-refractivity contribution in [2.24, 2.45) is 10.6 Å². The third-order valence-electron chi connectivity index (χ3n) is 9.88. The fourth-order valence-electron chi connectivity index (χ4n) is 7.00. The Hall–Kier alpha value is -4.26. The highest BCUT2D eigenvalue weighted by molar-refractivity contribution is 6.38. The fourth-order valence-corrected chi connectivity index (χ4v) is 7.19. The van der Waals surface area contributed by atoms with E-state index in [1.54, 1.807) is 18.2 Å². The number of fused-ring (bicyclic) bond motifs is 1. The van der Waals surface area contributed by atoms with E-state index in [2.05, 4.69) is 26.3 Å². The Labute approximate surface area is 296 Å². The fraction of sp³-hybridized carbons (Fsp3) is 0.583. The minimum Gasteiger partial charge on any atom is -0.387 e. The number of oxime groups is 1. The smallest absolute Gasteiger partial charge is 0.289 e. The molecule has 1 aromatic carbocycles. The van der Waals surface area contributed by atoms with Crippen molar-refractivity contribution in [2.75, 3.05) is 6.54 Å². The number of ketones is 1. The number of halogens is 1. The summed E-state index contributed by atoms with van der Waals surface area (Å²) in [6, 6.07) is 3.94. The quantitative estimate of drug-likeness (QED) is 0.297. The van der Waals surface area contributed by atoms with Crippen molar-refractivity contribution in [3.8, 4) is 0 Å². The Kier molecular flexibility index (Phi) is 10.1. The van der Waals surface area contributed by atoms with E-state index < -0.39 is 58.6 Å². The first kappa shape index (κ1) is 35.6. The highest BCUT2D eigenvalue weighted by Gasteiger charge is 2.56. The van der Waals surface area contributed by atoms with Crippen molar-refractivity contribution in [1.29, 1.82) is 0 Å². The first-order valence-electron chi connectivity index (χ1n) is 17.5. The Bertz CT molecular complexity index is 1710. The van der Waals surface area contributed by atoms with Crippen LogP contribution in [-0.2, 0) is 36.9 Å². The van der Waals surface area contributed by atoms with Gasteiger partial charge in [-0.3, -0.25) is 24.0 Å². The molecular formula is C36H45ClN6O7. The average Bonchev–Trinajstić information content (AvgIpc) is 3.47. The number of Topliss-reactive ketones (excluding diaryl/α,β-unsaturated/α-hetero) is 1. The van der Waals surface area contributed by atoms with Crippen molar-refractivity contribution in [3.05, 3.63) is 51.9 Å². The molecule has 2 aliphatic heterocycles. The van der Waals surface area contributed by atoms with Crippen molar-refractivity contribution in [3.63, 3.8) is 0 Å². The first-order chi connectivity index (χ1) is 23.8. The number of aromatic nitrogens is 1. The van der Waals surface area contributed by atoms with Gasteiger partial charge in [0.05, 0.1) is 18.3 Å². The normalized spacial score (nSPS) is 22.6. The van der Waals surface area contributed by atoms with E-state index in [4.69, 9.17) is 21.0 Å². The summed E-state index contributed by atoms with van der Waals surface area (Å²) in [6.07, 6.45) is 6.00. The van der Waals surface area contributed by atoms with Crippen LogP contribution >= 0.6 is 11.6 Å². The van der Waals surface area contributed by atoms with Crippen LogP contribution in [0.2, 0.25) is 5.02 Å². The number of rotatable bonds is 11. The van der Waals surface area contributed by atoms with Gasteiger partial charge >= 0.3 is 0 Å². The number of nitrogens with one attached hydrogen (secondary N) is 3. The second-order valence-electron chi connectivity index (χ2n) is 15.1. The van der Waals surface area contributed by atoms with Crippen LogP contribution in [-0.4, -0.2) is 81.5 Å². The summed E-state index contributed by atoms with van der Waals surface area (Å²) >= 11 is 6.25. The van der Waals surface area contributed by atoms with Crippen molar-refractivity contribution >= 4 is 46.7 Å². The van der Waals surface area contributed by atoms with E-state index in [0.29, 0.717) is 42.2 Å². The third kappa shape index (κ3) is 7.57. The average molecular weight is 709 g/mol. The molecule has 4 aliphatic rings. The molecule has 0 bridgehead atoms. The molecule has 50 heavy (non-hydrogen) atoms. The molecule has 1 spiro atoms. The second kappa shape index (κ2) is 14.2. The third-order valence-corrected chi connectivity index (χ3v) is 10.1. The molecule has 2 fully saturated rings. The van der Waals surface area contributed by atoms with Gasteiger partial charge in [0.15, 0.2) is 11.3 Å². The van der Waals surface area contributed by atoms with Crippen LogP contribution in [0.4, 0.5) is 0 Å². The highest BCUT2D eigenvalue weighted by atomic mass is 35.5. The zero-order chi connectivity index (χ0) is 35.8. The summed E-state index contributed by atoms with van der Waals surface area (Å²) in [7, 11) is 0.